The molecule has 1 aliphatic heterocycles. The number of imidazole rings is 1. The predicted octanol–water partition coefficient (Wildman–Crippen LogP) is 4.44. The number of hydrogen-bond donors (Lipinski definition) is 0. The van der Waals surface area contributed by atoms with E-state index in [9.17, 15) is 9.18 Å². The van der Waals surface area contributed by atoms with Gasteiger partial charge in [-0.05, 0) is 57.4 Å². The Kier molecular flexibility index (Phi) is 6.85. The summed E-state index contributed by atoms with van der Waals surface area (Å²) < 4.78 is 22.6. The van der Waals surface area contributed by atoms with Gasteiger partial charge in [-0.3, -0.25) is 14.1 Å². The number of aromatic nitrogens is 5. The first-order valence-corrected chi connectivity index (χ1v) is 12.6. The van der Waals surface area contributed by atoms with Crippen LogP contribution in [0.4, 0.5) is 4.39 Å². The van der Waals surface area contributed by atoms with Gasteiger partial charge in [0.2, 0.25) is 0 Å². The third-order valence-corrected chi connectivity index (χ3v) is 7.11. The molecule has 0 unspecified atom stereocenters. The third kappa shape index (κ3) is 4.65. The molecular weight excluding hydrogens is 459 g/mol. The minimum Gasteiger partial charge on any atom is -0.371 e. The van der Waals surface area contributed by atoms with Crippen LogP contribution in [0.2, 0.25) is 0 Å². The molecule has 4 aromatic rings. The molecule has 0 spiro atoms. The van der Waals surface area contributed by atoms with E-state index in [0.717, 1.165) is 52.9 Å². The van der Waals surface area contributed by atoms with Crippen LogP contribution in [0.5, 0.6) is 0 Å². The Bertz CT molecular complexity index is 1420. The summed E-state index contributed by atoms with van der Waals surface area (Å²) in [7, 11) is 1.73. The van der Waals surface area contributed by atoms with E-state index in [1.54, 1.807) is 16.2 Å². The van der Waals surface area contributed by atoms with Gasteiger partial charge in [-0.15, -0.1) is 10.2 Å². The van der Waals surface area contributed by atoms with E-state index in [1.807, 2.05) is 51.2 Å². The second-order valence-electron chi connectivity index (χ2n) is 9.91. The van der Waals surface area contributed by atoms with Crippen LogP contribution in [0.15, 0.2) is 41.3 Å². The summed E-state index contributed by atoms with van der Waals surface area (Å²) in [5.41, 5.74) is 4.85. The molecule has 190 valence electrons. The summed E-state index contributed by atoms with van der Waals surface area (Å²) in [6.45, 7) is 8.99. The average molecular weight is 493 g/mol. The van der Waals surface area contributed by atoms with Gasteiger partial charge in [-0.25, -0.2) is 9.18 Å². The molecule has 3 aromatic heterocycles. The van der Waals surface area contributed by atoms with E-state index < -0.39 is 6.17 Å². The second-order valence-corrected chi connectivity index (χ2v) is 9.91. The van der Waals surface area contributed by atoms with Crippen molar-refractivity contribution in [1.82, 2.24) is 29.2 Å². The molecule has 36 heavy (non-hydrogen) atoms. The highest BCUT2D eigenvalue weighted by molar-refractivity contribution is 6.02. The number of rotatable bonds is 7. The molecule has 0 aliphatic carbocycles. The van der Waals surface area contributed by atoms with Crippen LogP contribution in [0, 0.1) is 0 Å². The van der Waals surface area contributed by atoms with Gasteiger partial charge in [0.25, 0.3) is 0 Å². The van der Waals surface area contributed by atoms with Crippen molar-refractivity contribution in [2.45, 2.75) is 51.9 Å². The number of likely N-dealkylation sites (tertiary alicyclic amines) is 1. The second kappa shape index (κ2) is 10.1. The molecule has 0 bridgehead atoms. The van der Waals surface area contributed by atoms with Crippen LogP contribution >= 0.6 is 0 Å². The number of aryl methyl sites for hydroxylation is 1. The molecule has 0 saturated carbocycles. The molecule has 0 amide bonds. The van der Waals surface area contributed by atoms with Gasteiger partial charge in [0.05, 0.1) is 23.9 Å². The Morgan fingerprint density at radius 3 is 2.53 bits per heavy atom. The van der Waals surface area contributed by atoms with E-state index in [0.29, 0.717) is 25.1 Å². The van der Waals surface area contributed by atoms with Crippen molar-refractivity contribution in [3.8, 4) is 11.1 Å². The third-order valence-electron chi connectivity index (χ3n) is 7.11. The van der Waals surface area contributed by atoms with E-state index in [-0.39, 0.29) is 17.8 Å². The van der Waals surface area contributed by atoms with Crippen molar-refractivity contribution >= 4 is 22.1 Å². The van der Waals surface area contributed by atoms with Gasteiger partial charge in [0, 0.05) is 49.9 Å². The molecule has 1 saturated heterocycles. The van der Waals surface area contributed by atoms with E-state index in [2.05, 4.69) is 26.1 Å². The number of ether oxygens (including phenoxy) is 1. The van der Waals surface area contributed by atoms with Gasteiger partial charge >= 0.3 is 5.69 Å². The Labute approximate surface area is 209 Å². The number of alkyl halides is 1. The Balaban J connectivity index is 1.35. The summed E-state index contributed by atoms with van der Waals surface area (Å²) in [6.07, 6.45) is 2.30. The molecule has 5 rings (SSSR count). The lowest BCUT2D eigenvalue weighted by atomic mass is 10.0. The fraction of sp³-hybridized carbons (Fsp3) is 0.481. The summed E-state index contributed by atoms with van der Waals surface area (Å²) in [5, 5.41) is 9.54. The maximum atomic E-state index is 13.3. The van der Waals surface area contributed by atoms with Gasteiger partial charge in [0.15, 0.2) is 5.65 Å². The predicted molar refractivity (Wildman–Crippen MR) is 139 cm³/mol. The highest BCUT2D eigenvalue weighted by Gasteiger charge is 2.20. The molecule has 8 nitrogen and oxygen atoms in total. The Morgan fingerprint density at radius 2 is 1.83 bits per heavy atom. The number of hydrogen-bond acceptors (Lipinski definition) is 6. The summed E-state index contributed by atoms with van der Waals surface area (Å²) in [5.74, 6) is 0. The smallest absolute Gasteiger partial charge is 0.330 e. The first-order chi connectivity index (χ1) is 17.3. The highest BCUT2D eigenvalue weighted by atomic mass is 19.1. The molecule has 4 heterocycles. The first-order valence-electron chi connectivity index (χ1n) is 12.6. The van der Waals surface area contributed by atoms with Crippen molar-refractivity contribution in [3.05, 3.63) is 52.7 Å². The van der Waals surface area contributed by atoms with Gasteiger partial charge < -0.3 is 9.64 Å². The molecule has 0 radical (unpaired) electrons. The maximum Gasteiger partial charge on any atom is 0.330 e. The van der Waals surface area contributed by atoms with Crippen molar-refractivity contribution in [2.75, 3.05) is 26.2 Å². The van der Waals surface area contributed by atoms with Crippen molar-refractivity contribution in [1.29, 1.82) is 0 Å². The number of pyridine rings is 1. The summed E-state index contributed by atoms with van der Waals surface area (Å²) in [6, 6.07) is 10.0. The molecule has 1 fully saturated rings. The number of fused-ring (bicyclic) bond motifs is 3. The number of benzene rings is 1. The Hall–Kier alpha value is -3.17. The lowest BCUT2D eigenvalue weighted by Gasteiger charge is -2.28. The first kappa shape index (κ1) is 24.5. The zero-order valence-electron chi connectivity index (χ0n) is 21.3. The minimum atomic E-state index is -0.654. The topological polar surface area (TPSA) is 78.1 Å². The lowest BCUT2D eigenvalue weighted by molar-refractivity contribution is 0.0363. The van der Waals surface area contributed by atoms with Gasteiger partial charge in [-0.2, -0.15) is 0 Å². The quantitative estimate of drug-likeness (QED) is 0.380. The van der Waals surface area contributed by atoms with Crippen molar-refractivity contribution in [2.24, 2.45) is 7.05 Å². The number of piperidine rings is 1. The molecule has 1 aromatic carbocycles. The standard InChI is InChI=1S/C27H33FN6O2/c1-17(2)34-25-22-15-19(5-8-24(22)30-31-26(25)32(4)27(34)35)20-6-7-23(29-16-20)18(3)36-14-13-33-11-9-21(28)10-12-33/h5-8,15-18,21H,9-14H2,1-4H3/t18-/m0/s1. The molecule has 0 N–H and O–H groups in total. The largest absolute Gasteiger partial charge is 0.371 e. The molecular formula is C27H33FN6O2. The van der Waals surface area contributed by atoms with Crippen LogP contribution in [0.1, 0.15) is 51.5 Å². The van der Waals surface area contributed by atoms with Gasteiger partial charge in [0.1, 0.15) is 11.7 Å². The number of halogens is 1. The van der Waals surface area contributed by atoms with E-state index >= 15 is 0 Å². The van der Waals surface area contributed by atoms with Crippen LogP contribution in [0.3, 0.4) is 0 Å². The maximum absolute atomic E-state index is 13.3. The normalized spacial score (nSPS) is 16.4. The molecule has 1 aliphatic rings. The van der Waals surface area contributed by atoms with Crippen LogP contribution in [-0.4, -0.2) is 61.6 Å². The number of nitrogens with zero attached hydrogens (tertiary/aromatic N) is 6. The van der Waals surface area contributed by atoms with Crippen molar-refractivity contribution in [3.63, 3.8) is 0 Å². The van der Waals surface area contributed by atoms with E-state index in [1.165, 1.54) is 0 Å². The zero-order valence-corrected chi connectivity index (χ0v) is 21.3. The van der Waals surface area contributed by atoms with E-state index in [4.69, 9.17) is 4.74 Å². The van der Waals surface area contributed by atoms with Crippen molar-refractivity contribution < 1.29 is 9.13 Å². The van der Waals surface area contributed by atoms with Crippen LogP contribution < -0.4 is 5.69 Å². The van der Waals surface area contributed by atoms with Crippen LogP contribution in [-0.2, 0) is 11.8 Å². The minimum absolute atomic E-state index is 0.00443. The fourth-order valence-corrected chi connectivity index (χ4v) is 4.94. The fourth-order valence-electron chi connectivity index (χ4n) is 4.94. The zero-order chi connectivity index (χ0) is 25.4. The summed E-state index contributed by atoms with van der Waals surface area (Å²) in [4.78, 5) is 19.7. The highest BCUT2D eigenvalue weighted by Crippen LogP contribution is 2.29. The Morgan fingerprint density at radius 1 is 1.08 bits per heavy atom. The lowest BCUT2D eigenvalue weighted by Crippen LogP contribution is -2.36. The SMILES string of the molecule is CC(C)n1c(=O)n(C)c2nnc3ccc(-c4ccc([C@H](C)OCCN5CCC(F)CC5)nc4)cc3c21. The van der Waals surface area contributed by atoms with Gasteiger partial charge in [-0.1, -0.05) is 12.1 Å². The average Bonchev–Trinajstić information content (AvgIpc) is 3.15. The molecule has 1 atom stereocenters. The monoisotopic (exact) mass is 492 g/mol. The summed E-state index contributed by atoms with van der Waals surface area (Å²) >= 11 is 0. The molecule has 9 heteroatoms. The van der Waals surface area contributed by atoms with Crippen LogP contribution in [0.25, 0.3) is 33.2 Å².